The van der Waals surface area contributed by atoms with E-state index in [0.717, 1.165) is 12.1 Å². The lowest BCUT2D eigenvalue weighted by molar-refractivity contribution is 0.224. The van der Waals surface area contributed by atoms with Crippen LogP contribution in [0.2, 0.25) is 5.02 Å². The summed E-state index contributed by atoms with van der Waals surface area (Å²) in [5.41, 5.74) is 0.753. The molecule has 0 spiro atoms. The number of nitrogens with one attached hydrogen (secondary N) is 2. The summed E-state index contributed by atoms with van der Waals surface area (Å²) >= 11 is 5.75. The van der Waals surface area contributed by atoms with Gasteiger partial charge in [0.05, 0.1) is 17.3 Å². The van der Waals surface area contributed by atoms with Crippen LogP contribution >= 0.6 is 11.6 Å². The Balaban J connectivity index is 2.30. The summed E-state index contributed by atoms with van der Waals surface area (Å²) in [6.45, 7) is 5.35. The van der Waals surface area contributed by atoms with E-state index in [-0.39, 0.29) is 12.6 Å². The number of halogens is 1. The van der Waals surface area contributed by atoms with Crippen molar-refractivity contribution in [2.45, 2.75) is 33.2 Å². The van der Waals surface area contributed by atoms with Crippen LogP contribution in [0.5, 0.6) is 0 Å². The monoisotopic (exact) mass is 313 g/mol. The van der Waals surface area contributed by atoms with Gasteiger partial charge in [0.25, 0.3) is 0 Å². The van der Waals surface area contributed by atoms with Crippen molar-refractivity contribution in [3.63, 3.8) is 0 Å². The second-order valence-corrected chi connectivity index (χ2v) is 5.98. The highest BCUT2D eigenvalue weighted by Gasteiger charge is 2.12. The lowest BCUT2D eigenvalue weighted by Gasteiger charge is -2.18. The Hall–Kier alpha value is -1.33. The number of pyridine rings is 1. The lowest BCUT2D eigenvalue weighted by Crippen LogP contribution is -2.38. The first-order chi connectivity index (χ1) is 10.0. The van der Waals surface area contributed by atoms with Crippen molar-refractivity contribution in [3.05, 3.63) is 29.0 Å². The Kier molecular flexibility index (Phi) is 8.08. The van der Waals surface area contributed by atoms with Crippen LogP contribution in [0.25, 0.3) is 0 Å². The fourth-order valence-electron chi connectivity index (χ4n) is 2.13. The zero-order chi connectivity index (χ0) is 15.7. The predicted molar refractivity (Wildman–Crippen MR) is 84.1 cm³/mol. The minimum Gasteiger partial charge on any atom is -0.396 e. The van der Waals surface area contributed by atoms with Gasteiger partial charge in [-0.2, -0.15) is 0 Å². The summed E-state index contributed by atoms with van der Waals surface area (Å²) in [5.74, 6) is 0.846. The molecule has 1 aromatic rings. The summed E-state index contributed by atoms with van der Waals surface area (Å²) in [5, 5.41) is 15.2. The summed E-state index contributed by atoms with van der Waals surface area (Å²) in [6.07, 6.45) is 3.24. The maximum absolute atomic E-state index is 11.7. The van der Waals surface area contributed by atoms with Crippen LogP contribution in [0, 0.1) is 11.8 Å². The molecule has 0 fully saturated rings. The Morgan fingerprint density at radius 3 is 2.71 bits per heavy atom. The molecule has 1 aromatic heterocycles. The Labute approximate surface area is 131 Å². The van der Waals surface area contributed by atoms with Gasteiger partial charge in [0.2, 0.25) is 0 Å². The Bertz CT molecular complexity index is 423. The van der Waals surface area contributed by atoms with Crippen molar-refractivity contribution < 1.29 is 9.90 Å². The highest BCUT2D eigenvalue weighted by Crippen LogP contribution is 2.14. The number of aliphatic hydroxyl groups is 1. The zero-order valence-electron chi connectivity index (χ0n) is 12.6. The van der Waals surface area contributed by atoms with Crippen molar-refractivity contribution >= 4 is 17.6 Å². The van der Waals surface area contributed by atoms with Crippen LogP contribution < -0.4 is 10.6 Å². The zero-order valence-corrected chi connectivity index (χ0v) is 13.4. The van der Waals surface area contributed by atoms with Crippen LogP contribution in [0.15, 0.2) is 18.3 Å². The van der Waals surface area contributed by atoms with Crippen molar-refractivity contribution in [2.24, 2.45) is 11.8 Å². The van der Waals surface area contributed by atoms with E-state index in [4.69, 9.17) is 16.7 Å². The molecular weight excluding hydrogens is 290 g/mol. The van der Waals surface area contributed by atoms with Crippen molar-refractivity contribution in [1.29, 1.82) is 0 Å². The summed E-state index contributed by atoms with van der Waals surface area (Å²) in [7, 11) is 0. The minimum atomic E-state index is -0.224. The van der Waals surface area contributed by atoms with Gasteiger partial charge in [-0.25, -0.2) is 4.79 Å². The van der Waals surface area contributed by atoms with E-state index in [2.05, 4.69) is 29.5 Å². The number of rotatable bonds is 8. The van der Waals surface area contributed by atoms with Gasteiger partial charge in [-0.15, -0.1) is 0 Å². The molecule has 0 saturated heterocycles. The number of hydrogen-bond donors (Lipinski definition) is 3. The number of carbonyl (C=O) groups is 1. The molecule has 6 heteroatoms. The summed E-state index contributed by atoms with van der Waals surface area (Å²) in [4.78, 5) is 15.8. The third-order valence-electron chi connectivity index (χ3n) is 3.11. The molecule has 1 heterocycles. The third kappa shape index (κ3) is 7.87. The molecule has 0 aliphatic rings. The first-order valence-electron chi connectivity index (χ1n) is 7.24. The minimum absolute atomic E-state index is 0.148. The predicted octanol–water partition coefficient (Wildman–Crippen LogP) is 2.58. The summed E-state index contributed by atoms with van der Waals surface area (Å²) in [6, 6.07) is 3.29. The number of nitrogens with zero attached hydrogens (tertiary/aromatic N) is 1. The van der Waals surface area contributed by atoms with Gasteiger partial charge in [0.1, 0.15) is 0 Å². The van der Waals surface area contributed by atoms with E-state index >= 15 is 0 Å². The normalized spacial score (nSPS) is 12.2. The molecule has 2 amide bonds. The van der Waals surface area contributed by atoms with Gasteiger partial charge in [-0.05, 0) is 36.8 Å². The van der Waals surface area contributed by atoms with E-state index in [1.54, 1.807) is 18.3 Å². The molecule has 0 saturated carbocycles. The average molecular weight is 314 g/mol. The number of aromatic nitrogens is 1. The van der Waals surface area contributed by atoms with Crippen molar-refractivity contribution in [2.75, 3.05) is 13.2 Å². The molecule has 5 nitrogen and oxygen atoms in total. The molecule has 1 atom stereocenters. The maximum atomic E-state index is 11.7. The van der Waals surface area contributed by atoms with E-state index < -0.39 is 0 Å². The van der Waals surface area contributed by atoms with E-state index in [0.29, 0.717) is 36.4 Å². The van der Waals surface area contributed by atoms with Gasteiger partial charge >= 0.3 is 6.03 Å². The number of aliphatic hydroxyl groups excluding tert-OH is 1. The van der Waals surface area contributed by atoms with Crippen molar-refractivity contribution in [1.82, 2.24) is 15.6 Å². The highest BCUT2D eigenvalue weighted by molar-refractivity contribution is 6.30. The quantitative estimate of drug-likeness (QED) is 0.690. The van der Waals surface area contributed by atoms with Crippen LogP contribution in [-0.4, -0.2) is 29.3 Å². The SMILES string of the molecule is CC(C)CC(CCO)CNC(=O)NCc1ccc(Cl)cn1. The van der Waals surface area contributed by atoms with Crippen LogP contribution in [0.3, 0.4) is 0 Å². The van der Waals surface area contributed by atoms with Crippen molar-refractivity contribution in [3.8, 4) is 0 Å². The van der Waals surface area contributed by atoms with Gasteiger partial charge in [0, 0.05) is 19.3 Å². The Morgan fingerprint density at radius 2 is 2.14 bits per heavy atom. The van der Waals surface area contributed by atoms with Crippen LogP contribution in [-0.2, 0) is 6.54 Å². The molecule has 0 aliphatic carbocycles. The molecule has 1 unspecified atom stereocenters. The summed E-state index contributed by atoms with van der Waals surface area (Å²) < 4.78 is 0. The van der Waals surface area contributed by atoms with Crippen LogP contribution in [0.4, 0.5) is 4.79 Å². The van der Waals surface area contributed by atoms with Gasteiger partial charge in [0.15, 0.2) is 0 Å². The molecule has 3 N–H and O–H groups in total. The van der Waals surface area contributed by atoms with Gasteiger partial charge in [-0.1, -0.05) is 25.4 Å². The Morgan fingerprint density at radius 1 is 1.38 bits per heavy atom. The molecule has 118 valence electrons. The fourth-order valence-corrected chi connectivity index (χ4v) is 2.25. The van der Waals surface area contributed by atoms with Gasteiger partial charge < -0.3 is 15.7 Å². The maximum Gasteiger partial charge on any atom is 0.315 e. The molecule has 0 bridgehead atoms. The number of carbonyl (C=O) groups excluding carboxylic acids is 1. The second-order valence-electron chi connectivity index (χ2n) is 5.54. The molecule has 1 rings (SSSR count). The third-order valence-corrected chi connectivity index (χ3v) is 3.34. The van der Waals surface area contributed by atoms with E-state index in [1.807, 2.05) is 0 Å². The molecule has 0 radical (unpaired) electrons. The smallest absolute Gasteiger partial charge is 0.315 e. The number of amides is 2. The van der Waals surface area contributed by atoms with E-state index in [1.165, 1.54) is 0 Å². The van der Waals surface area contributed by atoms with Crippen LogP contribution in [0.1, 0.15) is 32.4 Å². The van der Waals surface area contributed by atoms with E-state index in [9.17, 15) is 4.79 Å². The first kappa shape index (κ1) is 17.7. The average Bonchev–Trinajstić information content (AvgIpc) is 2.44. The fraction of sp³-hybridized carbons (Fsp3) is 0.600. The first-order valence-corrected chi connectivity index (χ1v) is 7.62. The largest absolute Gasteiger partial charge is 0.396 e. The topological polar surface area (TPSA) is 74.2 Å². The second kappa shape index (κ2) is 9.58. The molecular formula is C15H24ClN3O2. The molecule has 0 aromatic carbocycles. The van der Waals surface area contributed by atoms with Gasteiger partial charge in [-0.3, -0.25) is 4.98 Å². The highest BCUT2D eigenvalue weighted by atomic mass is 35.5. The standard InChI is InChI=1S/C15H24ClN3O2/c1-11(2)7-12(5-6-20)8-18-15(21)19-10-14-4-3-13(16)9-17-14/h3-4,9,11-12,20H,5-8,10H2,1-2H3,(H2,18,19,21). The molecule has 0 aliphatic heterocycles. The number of hydrogen-bond acceptors (Lipinski definition) is 3. The lowest BCUT2D eigenvalue weighted by atomic mass is 9.94. The molecule has 21 heavy (non-hydrogen) atoms. The number of urea groups is 1.